The van der Waals surface area contributed by atoms with Crippen LogP contribution in [0, 0.1) is 5.92 Å². The van der Waals surface area contributed by atoms with Gasteiger partial charge in [0.05, 0.1) is 19.1 Å². The van der Waals surface area contributed by atoms with Crippen molar-refractivity contribution in [3.8, 4) is 0 Å². The molecule has 0 aromatic rings. The quantitative estimate of drug-likeness (QED) is 0.660. The molecule has 0 radical (unpaired) electrons. The third-order valence-corrected chi connectivity index (χ3v) is 4.90. The number of carbonyl (C=O) groups is 2. The first kappa shape index (κ1) is 13.8. The van der Waals surface area contributed by atoms with E-state index in [1.165, 1.54) is 7.11 Å². The monoisotopic (exact) mass is 282 g/mol. The summed E-state index contributed by atoms with van der Waals surface area (Å²) >= 11 is 0. The van der Waals surface area contributed by atoms with Crippen molar-refractivity contribution in [3.05, 3.63) is 0 Å². The second kappa shape index (κ2) is 5.00. The van der Waals surface area contributed by atoms with Gasteiger partial charge in [0.1, 0.15) is 0 Å². The lowest BCUT2D eigenvalue weighted by atomic mass is 9.80. The SMILES string of the molecule is COC(=O)C12CCC(O1)C(C(=O)N1CCN(C)CC1)C2. The van der Waals surface area contributed by atoms with Gasteiger partial charge in [0.2, 0.25) is 5.91 Å². The normalized spacial score (nSPS) is 37.2. The van der Waals surface area contributed by atoms with Crippen molar-refractivity contribution in [2.75, 3.05) is 40.3 Å². The Balaban J connectivity index is 1.67. The smallest absolute Gasteiger partial charge is 0.338 e. The minimum atomic E-state index is -0.855. The van der Waals surface area contributed by atoms with Crippen LogP contribution in [0.5, 0.6) is 0 Å². The second-order valence-corrected chi connectivity index (χ2v) is 6.12. The predicted octanol–water partition coefficient (Wildman–Crippen LogP) is -0.129. The molecule has 6 heteroatoms. The summed E-state index contributed by atoms with van der Waals surface area (Å²) in [7, 11) is 3.44. The molecule has 2 bridgehead atoms. The van der Waals surface area contributed by atoms with Crippen molar-refractivity contribution < 1.29 is 19.1 Å². The molecule has 3 unspecified atom stereocenters. The van der Waals surface area contributed by atoms with Crippen LogP contribution in [-0.4, -0.2) is 73.7 Å². The van der Waals surface area contributed by atoms with Crippen molar-refractivity contribution in [2.45, 2.75) is 31.0 Å². The van der Waals surface area contributed by atoms with E-state index in [0.717, 1.165) is 32.6 Å². The number of rotatable bonds is 2. The summed E-state index contributed by atoms with van der Waals surface area (Å²) in [4.78, 5) is 28.7. The van der Waals surface area contributed by atoms with Crippen molar-refractivity contribution in [1.29, 1.82) is 0 Å². The molecule has 3 aliphatic rings. The molecular formula is C14H22N2O4. The number of piperazine rings is 1. The van der Waals surface area contributed by atoms with Crippen LogP contribution < -0.4 is 0 Å². The number of methoxy groups -OCH3 is 1. The summed E-state index contributed by atoms with van der Waals surface area (Å²) in [6.45, 7) is 3.35. The van der Waals surface area contributed by atoms with Gasteiger partial charge >= 0.3 is 5.97 Å². The van der Waals surface area contributed by atoms with Crippen LogP contribution in [-0.2, 0) is 19.1 Å². The standard InChI is InChI=1S/C14H22N2O4/c1-15-5-7-16(8-6-15)12(17)10-9-14(13(18)19-2)4-3-11(10)20-14/h10-11H,3-9H2,1-2H3. The highest BCUT2D eigenvalue weighted by Gasteiger charge is 2.59. The van der Waals surface area contributed by atoms with Crippen LogP contribution in [0.25, 0.3) is 0 Å². The van der Waals surface area contributed by atoms with Gasteiger partial charge in [-0.2, -0.15) is 0 Å². The molecule has 20 heavy (non-hydrogen) atoms. The van der Waals surface area contributed by atoms with Gasteiger partial charge in [-0.1, -0.05) is 0 Å². The zero-order valence-electron chi connectivity index (χ0n) is 12.1. The molecule has 3 rings (SSSR count). The summed E-state index contributed by atoms with van der Waals surface area (Å²) in [5.74, 6) is -0.353. The van der Waals surface area contributed by atoms with Gasteiger partial charge in [-0.15, -0.1) is 0 Å². The molecule has 0 spiro atoms. The third-order valence-electron chi connectivity index (χ3n) is 4.90. The fourth-order valence-electron chi connectivity index (χ4n) is 3.63. The first-order valence-electron chi connectivity index (χ1n) is 7.29. The highest BCUT2D eigenvalue weighted by atomic mass is 16.6. The summed E-state index contributed by atoms with van der Waals surface area (Å²) in [6.07, 6.45) is 1.83. The van der Waals surface area contributed by atoms with E-state index in [9.17, 15) is 9.59 Å². The minimum absolute atomic E-state index is 0.110. The van der Waals surface area contributed by atoms with Crippen LogP contribution >= 0.6 is 0 Å². The van der Waals surface area contributed by atoms with Crippen molar-refractivity contribution in [2.24, 2.45) is 5.92 Å². The maximum atomic E-state index is 12.6. The average molecular weight is 282 g/mol. The molecule has 0 N–H and O–H groups in total. The molecule has 3 saturated heterocycles. The molecule has 0 aliphatic carbocycles. The molecule has 1 amide bonds. The number of nitrogens with zero attached hydrogens (tertiary/aromatic N) is 2. The van der Waals surface area contributed by atoms with Crippen LogP contribution in [0.4, 0.5) is 0 Å². The fraction of sp³-hybridized carbons (Fsp3) is 0.857. The molecule has 112 valence electrons. The van der Waals surface area contributed by atoms with E-state index >= 15 is 0 Å². The van der Waals surface area contributed by atoms with Crippen LogP contribution in [0.1, 0.15) is 19.3 Å². The third kappa shape index (κ3) is 2.11. The molecule has 3 fully saturated rings. The van der Waals surface area contributed by atoms with Crippen LogP contribution in [0.3, 0.4) is 0 Å². The summed E-state index contributed by atoms with van der Waals surface area (Å²) in [6, 6.07) is 0. The summed E-state index contributed by atoms with van der Waals surface area (Å²) in [5.41, 5.74) is -0.855. The average Bonchev–Trinajstić information content (AvgIpc) is 3.06. The van der Waals surface area contributed by atoms with E-state index in [2.05, 4.69) is 11.9 Å². The van der Waals surface area contributed by atoms with Gasteiger partial charge < -0.3 is 19.3 Å². The Morgan fingerprint density at radius 1 is 1.25 bits per heavy atom. The predicted molar refractivity (Wildman–Crippen MR) is 71.0 cm³/mol. The second-order valence-electron chi connectivity index (χ2n) is 6.12. The molecule has 0 aromatic carbocycles. The largest absolute Gasteiger partial charge is 0.467 e. The number of hydrogen-bond acceptors (Lipinski definition) is 5. The van der Waals surface area contributed by atoms with Crippen molar-refractivity contribution in [3.63, 3.8) is 0 Å². The molecule has 0 aromatic heterocycles. The van der Waals surface area contributed by atoms with Gasteiger partial charge in [-0.05, 0) is 19.9 Å². The molecule has 3 heterocycles. The molecule has 0 saturated carbocycles. The number of hydrogen-bond donors (Lipinski definition) is 0. The van der Waals surface area contributed by atoms with Crippen LogP contribution in [0.15, 0.2) is 0 Å². The van der Waals surface area contributed by atoms with Gasteiger partial charge in [0, 0.05) is 32.6 Å². The topological polar surface area (TPSA) is 59.1 Å². The number of amides is 1. The van der Waals surface area contributed by atoms with Crippen molar-refractivity contribution >= 4 is 11.9 Å². The number of ether oxygens (including phenoxy) is 2. The molecule has 3 atom stereocenters. The Morgan fingerprint density at radius 2 is 1.95 bits per heavy atom. The Hall–Kier alpha value is -1.14. The number of likely N-dealkylation sites (N-methyl/N-ethyl adjacent to an activating group) is 1. The lowest BCUT2D eigenvalue weighted by Crippen LogP contribution is -2.50. The van der Waals surface area contributed by atoms with Gasteiger partial charge in [-0.3, -0.25) is 4.79 Å². The first-order chi connectivity index (χ1) is 9.55. The minimum Gasteiger partial charge on any atom is -0.467 e. The maximum Gasteiger partial charge on any atom is 0.338 e. The highest BCUT2D eigenvalue weighted by molar-refractivity contribution is 5.85. The van der Waals surface area contributed by atoms with E-state index in [-0.39, 0.29) is 23.9 Å². The lowest BCUT2D eigenvalue weighted by Gasteiger charge is -2.35. The molecule has 6 nitrogen and oxygen atoms in total. The summed E-state index contributed by atoms with van der Waals surface area (Å²) in [5, 5.41) is 0. The Morgan fingerprint density at radius 3 is 2.60 bits per heavy atom. The maximum absolute atomic E-state index is 12.6. The summed E-state index contributed by atoms with van der Waals surface area (Å²) < 4.78 is 10.7. The number of esters is 1. The van der Waals surface area contributed by atoms with Gasteiger partial charge in [-0.25, -0.2) is 4.79 Å². The fourth-order valence-corrected chi connectivity index (χ4v) is 3.63. The lowest BCUT2D eigenvalue weighted by molar-refractivity contribution is -0.161. The van der Waals surface area contributed by atoms with E-state index in [1.54, 1.807) is 0 Å². The van der Waals surface area contributed by atoms with E-state index in [0.29, 0.717) is 12.8 Å². The zero-order chi connectivity index (χ0) is 14.3. The van der Waals surface area contributed by atoms with E-state index in [1.807, 2.05) is 4.90 Å². The molecular weight excluding hydrogens is 260 g/mol. The van der Waals surface area contributed by atoms with Crippen LogP contribution in [0.2, 0.25) is 0 Å². The first-order valence-corrected chi connectivity index (χ1v) is 7.29. The number of carbonyl (C=O) groups excluding carboxylic acids is 2. The Labute approximate surface area is 119 Å². The molecule has 3 aliphatic heterocycles. The Kier molecular flexibility index (Phi) is 3.46. The van der Waals surface area contributed by atoms with E-state index < -0.39 is 5.60 Å². The highest BCUT2D eigenvalue weighted by Crippen LogP contribution is 2.48. The Bertz CT molecular complexity index is 419. The van der Waals surface area contributed by atoms with Crippen molar-refractivity contribution in [1.82, 2.24) is 9.80 Å². The van der Waals surface area contributed by atoms with E-state index in [4.69, 9.17) is 9.47 Å². The number of fused-ring (bicyclic) bond motifs is 2. The zero-order valence-corrected chi connectivity index (χ0v) is 12.1. The van der Waals surface area contributed by atoms with Gasteiger partial charge in [0.15, 0.2) is 5.60 Å². The van der Waals surface area contributed by atoms with Gasteiger partial charge in [0.25, 0.3) is 0 Å².